The molecule has 0 amide bonds. The molecule has 1 rings (SSSR count). The third kappa shape index (κ3) is 5.72. The van der Waals surface area contributed by atoms with E-state index in [0.717, 1.165) is 38.7 Å². The van der Waals surface area contributed by atoms with E-state index in [1.807, 2.05) is 6.07 Å². The number of aromatic nitrogens is 1. The first kappa shape index (κ1) is 19.2. The second kappa shape index (κ2) is 10.1. The van der Waals surface area contributed by atoms with Crippen LogP contribution in [0.1, 0.15) is 63.5 Å². The number of rotatable bonds is 10. The zero-order valence-electron chi connectivity index (χ0n) is 14.5. The lowest BCUT2D eigenvalue weighted by molar-refractivity contribution is 0.0355. The first-order valence-electron chi connectivity index (χ1n) is 8.50. The van der Waals surface area contributed by atoms with Crippen LogP contribution in [0.3, 0.4) is 0 Å². The highest BCUT2D eigenvalue weighted by Crippen LogP contribution is 2.19. The molecule has 1 aromatic heterocycles. The lowest BCUT2D eigenvalue weighted by Gasteiger charge is -2.19. The van der Waals surface area contributed by atoms with Crippen molar-refractivity contribution in [2.24, 2.45) is 0 Å². The number of nitriles is 1. The maximum absolute atomic E-state index is 12.1. The van der Waals surface area contributed by atoms with Gasteiger partial charge in [0, 0.05) is 19.2 Å². The number of pyridine rings is 1. The van der Waals surface area contributed by atoms with Crippen LogP contribution >= 0.6 is 0 Å². The number of ether oxygens (including phenoxy) is 1. The van der Waals surface area contributed by atoms with E-state index in [4.69, 9.17) is 10.00 Å². The number of hydrogen-bond acceptors (Lipinski definition) is 4. The zero-order chi connectivity index (χ0) is 17.2. The third-order valence-corrected chi connectivity index (χ3v) is 3.98. The molecule has 5 nitrogen and oxygen atoms in total. The summed E-state index contributed by atoms with van der Waals surface area (Å²) in [5.41, 5.74) is 0.396. The van der Waals surface area contributed by atoms with E-state index < -0.39 is 0 Å². The summed E-state index contributed by atoms with van der Waals surface area (Å²) in [6.07, 6.45) is 6.03. The van der Waals surface area contributed by atoms with Crippen molar-refractivity contribution in [3.05, 3.63) is 27.5 Å². The fraction of sp³-hybridized carbons (Fsp3) is 0.667. The highest BCUT2D eigenvalue weighted by atomic mass is 16.5. The average molecular weight is 320 g/mol. The summed E-state index contributed by atoms with van der Waals surface area (Å²) >= 11 is 0. The van der Waals surface area contributed by atoms with Gasteiger partial charge in [0.1, 0.15) is 11.6 Å². The lowest BCUT2D eigenvalue weighted by Crippen LogP contribution is -2.24. The fourth-order valence-corrected chi connectivity index (χ4v) is 2.61. The zero-order valence-corrected chi connectivity index (χ0v) is 14.5. The molecule has 0 saturated heterocycles. The van der Waals surface area contributed by atoms with Gasteiger partial charge in [-0.05, 0) is 31.7 Å². The molecular formula is C18H28N2O3. The second-order valence-electron chi connectivity index (χ2n) is 5.90. The summed E-state index contributed by atoms with van der Waals surface area (Å²) in [7, 11) is 0. The number of nitrogens with zero attached hydrogens (tertiary/aromatic N) is 2. The number of aryl methyl sites for hydroxylation is 1. The molecule has 0 spiro atoms. The molecule has 0 aliphatic carbocycles. The van der Waals surface area contributed by atoms with Crippen molar-refractivity contribution in [1.29, 1.82) is 5.26 Å². The van der Waals surface area contributed by atoms with Crippen LogP contribution in [0, 0.1) is 18.3 Å². The van der Waals surface area contributed by atoms with Gasteiger partial charge in [-0.25, -0.2) is 0 Å². The molecule has 0 aromatic carbocycles. The number of hydrogen-bond donors (Lipinski definition) is 1. The van der Waals surface area contributed by atoms with Gasteiger partial charge in [-0.2, -0.15) is 5.26 Å². The Labute approximate surface area is 138 Å². The van der Waals surface area contributed by atoms with Crippen LogP contribution in [0.5, 0.6) is 5.88 Å². The van der Waals surface area contributed by atoms with Crippen LogP contribution in [0.4, 0.5) is 0 Å². The molecule has 1 atom stereocenters. The minimum atomic E-state index is -0.278. The molecular weight excluding hydrogens is 292 g/mol. The second-order valence-corrected chi connectivity index (χ2v) is 5.90. The van der Waals surface area contributed by atoms with Crippen molar-refractivity contribution in [2.75, 3.05) is 6.61 Å². The van der Waals surface area contributed by atoms with E-state index >= 15 is 0 Å². The van der Waals surface area contributed by atoms with Gasteiger partial charge < -0.3 is 9.84 Å². The lowest BCUT2D eigenvalue weighted by atomic mass is 10.1. The fourth-order valence-electron chi connectivity index (χ4n) is 2.61. The van der Waals surface area contributed by atoms with E-state index in [1.165, 1.54) is 10.6 Å². The van der Waals surface area contributed by atoms with E-state index in [-0.39, 0.29) is 23.1 Å². The van der Waals surface area contributed by atoms with Crippen molar-refractivity contribution < 1.29 is 9.84 Å². The molecule has 0 aliphatic heterocycles. The summed E-state index contributed by atoms with van der Waals surface area (Å²) in [5.74, 6) is -0.237. The van der Waals surface area contributed by atoms with Crippen LogP contribution in [0.25, 0.3) is 0 Å². The van der Waals surface area contributed by atoms with Crippen molar-refractivity contribution in [1.82, 2.24) is 4.57 Å². The van der Waals surface area contributed by atoms with E-state index in [9.17, 15) is 9.90 Å². The molecule has 128 valence electrons. The minimum absolute atomic E-state index is 0.0787. The maximum Gasteiger partial charge on any atom is 0.253 e. The molecule has 1 heterocycles. The highest BCUT2D eigenvalue weighted by Gasteiger charge is 2.15. The molecule has 1 aromatic rings. The summed E-state index contributed by atoms with van der Waals surface area (Å²) in [6.45, 7) is 7.00. The smallest absolute Gasteiger partial charge is 0.253 e. The normalized spacial score (nSPS) is 12.1. The Morgan fingerprint density at radius 1 is 1.30 bits per heavy atom. The van der Waals surface area contributed by atoms with Crippen molar-refractivity contribution >= 4 is 0 Å². The van der Waals surface area contributed by atoms with E-state index in [1.54, 1.807) is 6.92 Å². The van der Waals surface area contributed by atoms with Gasteiger partial charge >= 0.3 is 0 Å². The quantitative estimate of drug-likeness (QED) is 0.669. The van der Waals surface area contributed by atoms with Crippen molar-refractivity contribution in [3.63, 3.8) is 0 Å². The SMILES string of the molecule is CCCCCOC(CCC)CCn1c(O)c(C#N)c(C)cc1=O. The monoisotopic (exact) mass is 320 g/mol. The summed E-state index contributed by atoms with van der Waals surface area (Å²) in [5, 5.41) is 19.2. The van der Waals surface area contributed by atoms with Crippen LogP contribution in [0.15, 0.2) is 10.9 Å². The molecule has 5 heteroatoms. The van der Waals surface area contributed by atoms with Gasteiger partial charge in [-0.15, -0.1) is 0 Å². The van der Waals surface area contributed by atoms with Crippen LogP contribution in [-0.4, -0.2) is 22.4 Å². The molecule has 0 bridgehead atoms. The predicted molar refractivity (Wildman–Crippen MR) is 90.6 cm³/mol. The molecule has 1 N–H and O–H groups in total. The van der Waals surface area contributed by atoms with Gasteiger partial charge in [-0.1, -0.05) is 33.1 Å². The predicted octanol–water partition coefficient (Wildman–Crippen LogP) is 3.50. The molecule has 0 fully saturated rings. The van der Waals surface area contributed by atoms with Crippen molar-refractivity contribution in [3.8, 4) is 11.9 Å². The van der Waals surface area contributed by atoms with Crippen molar-refractivity contribution in [2.45, 2.75) is 71.9 Å². The molecule has 0 radical (unpaired) electrons. The molecule has 23 heavy (non-hydrogen) atoms. The van der Waals surface area contributed by atoms with Crippen LogP contribution < -0.4 is 5.56 Å². The number of unbranched alkanes of at least 4 members (excludes halogenated alkanes) is 2. The Bertz CT molecular complexity index is 587. The minimum Gasteiger partial charge on any atom is -0.493 e. The summed E-state index contributed by atoms with van der Waals surface area (Å²) < 4.78 is 7.17. The summed E-state index contributed by atoms with van der Waals surface area (Å²) in [4.78, 5) is 12.1. The third-order valence-electron chi connectivity index (χ3n) is 3.98. The first-order chi connectivity index (χ1) is 11.0. The molecule has 0 saturated carbocycles. The molecule has 0 aliphatic rings. The van der Waals surface area contributed by atoms with E-state index in [0.29, 0.717) is 18.5 Å². The van der Waals surface area contributed by atoms with Gasteiger partial charge in [0.2, 0.25) is 5.88 Å². The molecule has 1 unspecified atom stereocenters. The average Bonchev–Trinajstić information content (AvgIpc) is 2.51. The Morgan fingerprint density at radius 3 is 2.65 bits per heavy atom. The summed E-state index contributed by atoms with van der Waals surface area (Å²) in [6, 6.07) is 3.35. The van der Waals surface area contributed by atoms with E-state index in [2.05, 4.69) is 13.8 Å². The van der Waals surface area contributed by atoms with Crippen LogP contribution in [-0.2, 0) is 11.3 Å². The topological polar surface area (TPSA) is 75.2 Å². The van der Waals surface area contributed by atoms with Gasteiger partial charge in [0.25, 0.3) is 5.56 Å². The van der Waals surface area contributed by atoms with Gasteiger partial charge in [0.05, 0.1) is 6.10 Å². The Hall–Kier alpha value is -1.80. The Kier molecular flexibility index (Phi) is 8.42. The largest absolute Gasteiger partial charge is 0.493 e. The standard InChI is InChI=1S/C18H28N2O3/c1-4-6-7-11-23-15(8-5-2)9-10-20-17(21)12-14(3)16(13-19)18(20)22/h12,15,22H,4-11H2,1-3H3. The Balaban J connectivity index is 2.74. The maximum atomic E-state index is 12.1. The van der Waals surface area contributed by atoms with Gasteiger partial charge in [-0.3, -0.25) is 9.36 Å². The van der Waals surface area contributed by atoms with Crippen LogP contribution in [0.2, 0.25) is 0 Å². The Morgan fingerprint density at radius 2 is 2.04 bits per heavy atom. The number of aromatic hydroxyl groups is 1. The first-order valence-corrected chi connectivity index (χ1v) is 8.50. The highest BCUT2D eigenvalue weighted by molar-refractivity contribution is 5.43. The van der Waals surface area contributed by atoms with Gasteiger partial charge in [0.15, 0.2) is 0 Å².